The summed E-state index contributed by atoms with van der Waals surface area (Å²) in [4.78, 5) is 33.1. The van der Waals surface area contributed by atoms with E-state index in [2.05, 4.69) is 19.2 Å². The van der Waals surface area contributed by atoms with Crippen LogP contribution in [0, 0.1) is 10.1 Å². The van der Waals surface area contributed by atoms with Gasteiger partial charge in [0, 0.05) is 12.8 Å². The molecule has 0 spiro atoms. The number of aromatic nitrogens is 2. The molecule has 0 amide bonds. The lowest BCUT2D eigenvalue weighted by molar-refractivity contribution is -0.387. The molecule has 0 aliphatic rings. The Morgan fingerprint density at radius 2 is 2.18 bits per heavy atom. The molecule has 1 aromatic rings. The maximum absolute atomic E-state index is 11.7. The van der Waals surface area contributed by atoms with E-state index in [9.17, 15) is 19.7 Å². The highest BCUT2D eigenvalue weighted by atomic mass is 32.1. The van der Waals surface area contributed by atoms with Crippen molar-refractivity contribution in [2.75, 3.05) is 5.75 Å². The molecule has 1 aromatic heterocycles. The fourth-order valence-electron chi connectivity index (χ4n) is 1.25. The van der Waals surface area contributed by atoms with Gasteiger partial charge in [0.2, 0.25) is 0 Å². The quantitative estimate of drug-likeness (QED) is 0.354. The lowest BCUT2D eigenvalue weighted by Gasteiger charge is -2.07. The van der Waals surface area contributed by atoms with Crippen molar-refractivity contribution in [2.45, 2.75) is 6.54 Å². The minimum absolute atomic E-state index is 0.0727. The molecule has 0 fully saturated rings. The van der Waals surface area contributed by atoms with Crippen LogP contribution < -0.4 is 11.2 Å². The van der Waals surface area contributed by atoms with Gasteiger partial charge in [-0.05, 0) is 5.57 Å². The van der Waals surface area contributed by atoms with Crippen molar-refractivity contribution >= 4 is 18.3 Å². The zero-order valence-electron chi connectivity index (χ0n) is 9.12. The van der Waals surface area contributed by atoms with Crippen molar-refractivity contribution in [1.29, 1.82) is 0 Å². The molecule has 1 heterocycles. The molecule has 7 nitrogen and oxygen atoms in total. The van der Waals surface area contributed by atoms with Gasteiger partial charge in [0.05, 0.1) is 17.7 Å². The Morgan fingerprint density at radius 3 is 2.65 bits per heavy atom. The molecule has 0 atom stereocenters. The van der Waals surface area contributed by atoms with Gasteiger partial charge >= 0.3 is 16.9 Å². The molecular weight excluding hydrogens is 246 g/mol. The first kappa shape index (κ1) is 13.2. The summed E-state index contributed by atoms with van der Waals surface area (Å²) in [7, 11) is 1.34. The lowest BCUT2D eigenvalue weighted by atomic mass is 10.3. The summed E-state index contributed by atoms with van der Waals surface area (Å²) in [5, 5.41) is 10.6. The van der Waals surface area contributed by atoms with Gasteiger partial charge in [0.25, 0.3) is 0 Å². The number of thiol groups is 1. The first-order chi connectivity index (χ1) is 7.88. The topological polar surface area (TPSA) is 87.1 Å². The smallest absolute Gasteiger partial charge is 0.297 e. The summed E-state index contributed by atoms with van der Waals surface area (Å²) in [5.41, 5.74) is -1.67. The summed E-state index contributed by atoms with van der Waals surface area (Å²) in [5.74, 6) is 0.290. The monoisotopic (exact) mass is 257 g/mol. The molecule has 8 heteroatoms. The number of nitrogens with zero attached hydrogens (tertiary/aromatic N) is 3. The van der Waals surface area contributed by atoms with Gasteiger partial charge in [0.15, 0.2) is 0 Å². The predicted octanol–water partition coefficient (Wildman–Crippen LogP) is -0.0588. The second-order valence-electron chi connectivity index (χ2n) is 3.46. The van der Waals surface area contributed by atoms with Crippen LogP contribution in [0.15, 0.2) is 27.9 Å². The molecule has 0 aromatic carbocycles. The maximum Gasteiger partial charge on any atom is 0.350 e. The second-order valence-corrected chi connectivity index (χ2v) is 3.78. The zero-order chi connectivity index (χ0) is 13.2. The van der Waals surface area contributed by atoms with Gasteiger partial charge in [-0.2, -0.15) is 12.6 Å². The van der Waals surface area contributed by atoms with Crippen LogP contribution in [0.3, 0.4) is 0 Å². The summed E-state index contributed by atoms with van der Waals surface area (Å²) in [6.07, 6.45) is 0.907. The van der Waals surface area contributed by atoms with Crippen molar-refractivity contribution < 1.29 is 4.92 Å². The second kappa shape index (κ2) is 5.00. The molecule has 17 heavy (non-hydrogen) atoms. The third-order valence-electron chi connectivity index (χ3n) is 2.11. The summed E-state index contributed by atoms with van der Waals surface area (Å²) in [6, 6.07) is 0. The van der Waals surface area contributed by atoms with Crippen LogP contribution in [-0.4, -0.2) is 19.8 Å². The first-order valence-corrected chi connectivity index (χ1v) is 5.24. The fraction of sp³-hybridized carbons (Fsp3) is 0.333. The lowest BCUT2D eigenvalue weighted by Crippen LogP contribution is -2.39. The minimum Gasteiger partial charge on any atom is -0.297 e. The normalized spacial score (nSPS) is 10.2. The Morgan fingerprint density at radius 1 is 1.59 bits per heavy atom. The highest BCUT2D eigenvalue weighted by Gasteiger charge is 2.18. The Kier molecular flexibility index (Phi) is 3.89. The van der Waals surface area contributed by atoms with Crippen LogP contribution in [0.4, 0.5) is 5.69 Å². The number of nitro groups is 1. The van der Waals surface area contributed by atoms with E-state index in [4.69, 9.17) is 0 Å². The molecular formula is C9H11N3O4S. The van der Waals surface area contributed by atoms with Gasteiger partial charge in [-0.1, -0.05) is 6.58 Å². The fourth-order valence-corrected chi connectivity index (χ4v) is 1.35. The highest BCUT2D eigenvalue weighted by molar-refractivity contribution is 7.80. The zero-order valence-corrected chi connectivity index (χ0v) is 10.0. The van der Waals surface area contributed by atoms with Crippen LogP contribution in [0.1, 0.15) is 0 Å². The summed E-state index contributed by atoms with van der Waals surface area (Å²) >= 11 is 3.95. The van der Waals surface area contributed by atoms with Gasteiger partial charge in [-0.3, -0.25) is 24.0 Å². The van der Waals surface area contributed by atoms with E-state index in [0.717, 1.165) is 15.3 Å². The van der Waals surface area contributed by atoms with Crippen molar-refractivity contribution in [3.63, 3.8) is 0 Å². The molecule has 0 N–H and O–H groups in total. The largest absolute Gasteiger partial charge is 0.350 e. The Balaban J connectivity index is 3.48. The SMILES string of the molecule is C=C(CS)Cn1c(=O)c([N+](=O)[O-])cn(C)c1=O. The van der Waals surface area contributed by atoms with E-state index >= 15 is 0 Å². The third kappa shape index (κ3) is 2.64. The van der Waals surface area contributed by atoms with E-state index in [1.54, 1.807) is 0 Å². The van der Waals surface area contributed by atoms with E-state index in [1.807, 2.05) is 0 Å². The van der Waals surface area contributed by atoms with Crippen LogP contribution in [-0.2, 0) is 13.6 Å². The van der Waals surface area contributed by atoms with E-state index in [0.29, 0.717) is 5.57 Å². The van der Waals surface area contributed by atoms with Gasteiger partial charge in [-0.25, -0.2) is 4.79 Å². The van der Waals surface area contributed by atoms with E-state index in [1.165, 1.54) is 7.05 Å². The molecule has 0 radical (unpaired) electrons. The Hall–Kier alpha value is -1.83. The molecule has 0 bridgehead atoms. The predicted molar refractivity (Wildman–Crippen MR) is 65.6 cm³/mol. The molecule has 0 saturated carbocycles. The van der Waals surface area contributed by atoms with E-state index in [-0.39, 0.29) is 12.3 Å². The van der Waals surface area contributed by atoms with Crippen LogP contribution in [0.25, 0.3) is 0 Å². The molecule has 92 valence electrons. The average molecular weight is 257 g/mol. The van der Waals surface area contributed by atoms with E-state index < -0.39 is 21.9 Å². The number of hydrogen-bond donors (Lipinski definition) is 1. The van der Waals surface area contributed by atoms with Crippen LogP contribution in [0.2, 0.25) is 0 Å². The number of hydrogen-bond acceptors (Lipinski definition) is 5. The Bertz CT molecular complexity index is 587. The van der Waals surface area contributed by atoms with Gasteiger partial charge < -0.3 is 0 Å². The van der Waals surface area contributed by atoms with Crippen molar-refractivity contribution in [2.24, 2.45) is 7.05 Å². The van der Waals surface area contributed by atoms with Crippen molar-refractivity contribution in [1.82, 2.24) is 9.13 Å². The van der Waals surface area contributed by atoms with Crippen molar-refractivity contribution in [3.8, 4) is 0 Å². The maximum atomic E-state index is 11.7. The molecule has 0 aliphatic heterocycles. The summed E-state index contributed by atoms with van der Waals surface area (Å²) < 4.78 is 1.77. The highest BCUT2D eigenvalue weighted by Crippen LogP contribution is 2.01. The molecule has 0 aliphatic carbocycles. The van der Waals surface area contributed by atoms with Crippen LogP contribution in [0.5, 0.6) is 0 Å². The van der Waals surface area contributed by atoms with Crippen LogP contribution >= 0.6 is 12.6 Å². The molecule has 0 saturated heterocycles. The standard InChI is InChI=1S/C9H11N3O4S/c1-6(5-17)3-11-8(13)7(12(15)16)4-10(2)9(11)14/h4,17H,1,3,5H2,2H3. The molecule has 0 unspecified atom stereocenters. The summed E-state index contributed by atoms with van der Waals surface area (Å²) in [6.45, 7) is 3.53. The number of aryl methyl sites for hydroxylation is 1. The Labute approximate surface area is 102 Å². The van der Waals surface area contributed by atoms with Gasteiger partial charge in [0.1, 0.15) is 0 Å². The molecule has 1 rings (SSSR count). The third-order valence-corrected chi connectivity index (χ3v) is 2.56. The minimum atomic E-state index is -0.930. The number of rotatable bonds is 4. The first-order valence-electron chi connectivity index (χ1n) is 4.61. The van der Waals surface area contributed by atoms with Crippen molar-refractivity contribution in [3.05, 3.63) is 49.3 Å². The van der Waals surface area contributed by atoms with Gasteiger partial charge in [-0.15, -0.1) is 0 Å². The average Bonchev–Trinajstić information content (AvgIpc) is 2.28.